The van der Waals surface area contributed by atoms with E-state index < -0.39 is 0 Å². The van der Waals surface area contributed by atoms with Crippen LogP contribution >= 0.6 is 0 Å². The molecule has 0 saturated carbocycles. The Bertz CT molecular complexity index is 555. The minimum atomic E-state index is -0.0277. The highest BCUT2D eigenvalue weighted by molar-refractivity contribution is 5.98. The summed E-state index contributed by atoms with van der Waals surface area (Å²) in [5, 5.41) is 2.89. The molecule has 1 aliphatic rings. The summed E-state index contributed by atoms with van der Waals surface area (Å²) in [6.07, 6.45) is 9.43. The summed E-state index contributed by atoms with van der Waals surface area (Å²) in [4.78, 5) is 24.1. The molecule has 1 aromatic carbocycles. The van der Waals surface area contributed by atoms with Gasteiger partial charge in [-0.3, -0.25) is 9.59 Å². The molecule has 4 heteroatoms. The van der Waals surface area contributed by atoms with Crippen molar-refractivity contribution in [3.8, 4) is 0 Å². The molecule has 1 aliphatic carbocycles. The third kappa shape index (κ3) is 6.08. The van der Waals surface area contributed by atoms with Crippen LogP contribution in [-0.4, -0.2) is 24.8 Å². The predicted molar refractivity (Wildman–Crippen MR) is 97.2 cm³/mol. The van der Waals surface area contributed by atoms with E-state index in [2.05, 4.69) is 11.4 Å². The number of carbonyl (C=O) groups is 2. The Morgan fingerprint density at radius 3 is 2.50 bits per heavy atom. The van der Waals surface area contributed by atoms with E-state index in [-0.39, 0.29) is 24.5 Å². The van der Waals surface area contributed by atoms with Crippen LogP contribution in [0.4, 0.5) is 0 Å². The van der Waals surface area contributed by atoms with Gasteiger partial charge in [0.15, 0.2) is 5.78 Å². The topological polar surface area (TPSA) is 72.2 Å². The van der Waals surface area contributed by atoms with Gasteiger partial charge >= 0.3 is 0 Å². The third-order valence-electron chi connectivity index (χ3n) is 4.70. The lowest BCUT2D eigenvalue weighted by Crippen LogP contribution is -2.24. The Morgan fingerprint density at radius 2 is 1.71 bits per heavy atom. The Kier molecular flexibility index (Phi) is 7.96. The monoisotopic (exact) mass is 330 g/mol. The van der Waals surface area contributed by atoms with E-state index in [0.29, 0.717) is 6.54 Å². The van der Waals surface area contributed by atoms with Crippen LogP contribution in [0.2, 0.25) is 0 Å². The van der Waals surface area contributed by atoms with Crippen LogP contribution in [0.15, 0.2) is 18.2 Å². The van der Waals surface area contributed by atoms with E-state index in [1.54, 1.807) is 0 Å². The molecule has 0 aromatic heterocycles. The normalized spacial score (nSPS) is 13.4. The molecular formula is C20H30N2O2. The molecule has 0 atom stereocenters. The van der Waals surface area contributed by atoms with Gasteiger partial charge in [-0.15, -0.1) is 0 Å². The number of nitrogens with two attached hydrogens (primary N) is 1. The van der Waals surface area contributed by atoms with E-state index in [9.17, 15) is 9.59 Å². The quantitative estimate of drug-likeness (QED) is 0.511. The lowest BCUT2D eigenvalue weighted by Gasteiger charge is -2.16. The van der Waals surface area contributed by atoms with Crippen molar-refractivity contribution in [2.45, 2.75) is 64.2 Å². The molecule has 0 radical (unpaired) electrons. The molecule has 0 unspecified atom stereocenters. The van der Waals surface area contributed by atoms with Crippen molar-refractivity contribution >= 4 is 11.7 Å². The van der Waals surface area contributed by atoms with Crippen LogP contribution < -0.4 is 11.1 Å². The molecule has 0 spiro atoms. The average Bonchev–Trinajstić information content (AvgIpc) is 2.62. The maximum atomic E-state index is 12.3. The molecule has 0 fully saturated rings. The van der Waals surface area contributed by atoms with Gasteiger partial charge in [0.25, 0.3) is 0 Å². The average molecular weight is 330 g/mol. The van der Waals surface area contributed by atoms with E-state index >= 15 is 0 Å². The standard InChI is InChI=1S/C20H30N2O2/c21-13-5-1-2-6-14-22-20(24)12-11-19(23)18-10-9-16-7-3-4-8-17(16)15-18/h9-10,15H,1-8,11-14,21H2,(H,22,24). The van der Waals surface area contributed by atoms with Crippen LogP contribution in [0, 0.1) is 0 Å². The Balaban J connectivity index is 1.68. The first-order valence-electron chi connectivity index (χ1n) is 9.32. The van der Waals surface area contributed by atoms with Gasteiger partial charge in [0.1, 0.15) is 0 Å². The van der Waals surface area contributed by atoms with E-state index in [1.807, 2.05) is 12.1 Å². The van der Waals surface area contributed by atoms with Gasteiger partial charge in [0.2, 0.25) is 5.91 Å². The van der Waals surface area contributed by atoms with Gasteiger partial charge in [0, 0.05) is 24.9 Å². The highest BCUT2D eigenvalue weighted by Crippen LogP contribution is 2.22. The number of carbonyl (C=O) groups excluding carboxylic acids is 2. The molecule has 0 aliphatic heterocycles. The predicted octanol–water partition coefficient (Wildman–Crippen LogP) is 3.16. The van der Waals surface area contributed by atoms with Crippen LogP contribution in [0.25, 0.3) is 0 Å². The smallest absolute Gasteiger partial charge is 0.220 e. The Morgan fingerprint density at radius 1 is 0.958 bits per heavy atom. The van der Waals surface area contributed by atoms with Crippen LogP contribution in [-0.2, 0) is 17.6 Å². The van der Waals surface area contributed by atoms with E-state index in [1.165, 1.54) is 24.0 Å². The second-order valence-corrected chi connectivity index (χ2v) is 6.67. The number of fused-ring (bicyclic) bond motifs is 1. The van der Waals surface area contributed by atoms with Gasteiger partial charge in [-0.05, 0) is 62.3 Å². The Labute approximate surface area is 145 Å². The molecule has 3 N–H and O–H groups in total. The number of ketones is 1. The zero-order chi connectivity index (χ0) is 17.2. The molecule has 0 saturated heterocycles. The second-order valence-electron chi connectivity index (χ2n) is 6.67. The number of benzene rings is 1. The van der Waals surface area contributed by atoms with Gasteiger partial charge in [-0.1, -0.05) is 25.0 Å². The zero-order valence-electron chi connectivity index (χ0n) is 14.6. The van der Waals surface area contributed by atoms with Crippen LogP contribution in [0.1, 0.15) is 72.9 Å². The lowest BCUT2D eigenvalue weighted by atomic mass is 9.89. The highest BCUT2D eigenvalue weighted by atomic mass is 16.2. The first-order valence-corrected chi connectivity index (χ1v) is 9.32. The summed E-state index contributed by atoms with van der Waals surface area (Å²) in [5.74, 6) is 0.0432. The molecule has 2 rings (SSSR count). The molecule has 4 nitrogen and oxygen atoms in total. The number of aryl methyl sites for hydroxylation is 2. The van der Waals surface area contributed by atoms with Gasteiger partial charge < -0.3 is 11.1 Å². The van der Waals surface area contributed by atoms with Crippen molar-refractivity contribution < 1.29 is 9.59 Å². The summed E-state index contributed by atoms with van der Waals surface area (Å²) < 4.78 is 0. The molecule has 132 valence electrons. The molecule has 24 heavy (non-hydrogen) atoms. The molecule has 1 amide bonds. The van der Waals surface area contributed by atoms with Gasteiger partial charge in [0.05, 0.1) is 0 Å². The van der Waals surface area contributed by atoms with Crippen molar-refractivity contribution in [3.05, 3.63) is 34.9 Å². The zero-order valence-corrected chi connectivity index (χ0v) is 14.6. The number of nitrogens with one attached hydrogen (secondary N) is 1. The summed E-state index contributed by atoms with van der Waals surface area (Å²) in [5.41, 5.74) is 8.89. The largest absolute Gasteiger partial charge is 0.356 e. The summed E-state index contributed by atoms with van der Waals surface area (Å²) in [6.45, 7) is 1.42. The Hall–Kier alpha value is -1.68. The molecule has 1 aromatic rings. The fourth-order valence-corrected chi connectivity index (χ4v) is 3.22. The minimum absolute atomic E-state index is 0.0277. The molecular weight excluding hydrogens is 300 g/mol. The SMILES string of the molecule is NCCCCCCNC(=O)CCC(=O)c1ccc2c(c1)CCCC2. The summed E-state index contributed by atoms with van der Waals surface area (Å²) in [6, 6.07) is 6.04. The minimum Gasteiger partial charge on any atom is -0.356 e. The number of hydrogen-bond donors (Lipinski definition) is 2. The van der Waals surface area contributed by atoms with Crippen LogP contribution in [0.3, 0.4) is 0 Å². The number of amides is 1. The van der Waals surface area contributed by atoms with Crippen LogP contribution in [0.5, 0.6) is 0 Å². The van der Waals surface area contributed by atoms with Crippen molar-refractivity contribution in [2.24, 2.45) is 5.73 Å². The van der Waals surface area contributed by atoms with Crippen molar-refractivity contribution in [1.29, 1.82) is 0 Å². The number of Topliss-reactive ketones (excluding diaryl/α,β-unsaturated/α-hetero) is 1. The van der Waals surface area contributed by atoms with E-state index in [4.69, 9.17) is 5.73 Å². The maximum absolute atomic E-state index is 12.3. The van der Waals surface area contributed by atoms with Crippen molar-refractivity contribution in [3.63, 3.8) is 0 Å². The molecule has 0 bridgehead atoms. The lowest BCUT2D eigenvalue weighted by molar-refractivity contribution is -0.121. The summed E-state index contributed by atoms with van der Waals surface area (Å²) in [7, 11) is 0. The third-order valence-corrected chi connectivity index (χ3v) is 4.70. The fraction of sp³-hybridized carbons (Fsp3) is 0.600. The molecule has 0 heterocycles. The first-order chi connectivity index (χ1) is 11.7. The van der Waals surface area contributed by atoms with Gasteiger partial charge in [-0.25, -0.2) is 0 Å². The van der Waals surface area contributed by atoms with Crippen molar-refractivity contribution in [1.82, 2.24) is 5.32 Å². The fourth-order valence-electron chi connectivity index (χ4n) is 3.22. The first kappa shape index (κ1) is 18.7. The number of unbranched alkanes of at least 4 members (excludes halogenated alkanes) is 3. The number of hydrogen-bond acceptors (Lipinski definition) is 3. The maximum Gasteiger partial charge on any atom is 0.220 e. The highest BCUT2D eigenvalue weighted by Gasteiger charge is 2.13. The second kappa shape index (κ2) is 10.2. The van der Waals surface area contributed by atoms with Crippen molar-refractivity contribution in [2.75, 3.05) is 13.1 Å². The summed E-state index contributed by atoms with van der Waals surface area (Å²) >= 11 is 0. The van der Waals surface area contributed by atoms with Gasteiger partial charge in [-0.2, -0.15) is 0 Å². The van der Waals surface area contributed by atoms with E-state index in [0.717, 1.165) is 50.6 Å². The number of rotatable bonds is 10.